The lowest BCUT2D eigenvalue weighted by Crippen LogP contribution is -2.42. The fourth-order valence-corrected chi connectivity index (χ4v) is 2.72. The molecule has 0 aromatic heterocycles. The maximum absolute atomic E-state index is 12.2. The van der Waals surface area contributed by atoms with E-state index in [9.17, 15) is 20.0 Å². The number of hydrogen-bond acceptors (Lipinski definition) is 6. The zero-order valence-corrected chi connectivity index (χ0v) is 18.0. The number of carbonyl (C=O) groups is 2. The van der Waals surface area contributed by atoms with E-state index in [1.165, 1.54) is 6.20 Å². The number of aliphatic carboxylic acids is 1. The van der Waals surface area contributed by atoms with E-state index in [-0.39, 0.29) is 17.9 Å². The van der Waals surface area contributed by atoms with Crippen molar-refractivity contribution in [3.8, 4) is 17.6 Å². The Bertz CT molecular complexity index is 783. The van der Waals surface area contributed by atoms with E-state index < -0.39 is 17.9 Å². The van der Waals surface area contributed by atoms with Gasteiger partial charge in [0.15, 0.2) is 11.5 Å². The van der Waals surface area contributed by atoms with Gasteiger partial charge in [-0.25, -0.2) is 4.79 Å². The summed E-state index contributed by atoms with van der Waals surface area (Å²) in [4.78, 5) is 23.5. The molecule has 1 amide bonds. The van der Waals surface area contributed by atoms with E-state index in [2.05, 4.69) is 10.6 Å². The third kappa shape index (κ3) is 8.43. The van der Waals surface area contributed by atoms with Gasteiger partial charge in [-0.3, -0.25) is 4.79 Å². The van der Waals surface area contributed by atoms with E-state index in [1.807, 2.05) is 45.9 Å². The highest BCUT2D eigenvalue weighted by Crippen LogP contribution is 2.28. The number of benzene rings is 1. The molecule has 1 aromatic carbocycles. The number of nitrogens with one attached hydrogen (secondary N) is 2. The second-order valence-electron chi connectivity index (χ2n) is 7.01. The second-order valence-corrected chi connectivity index (χ2v) is 7.01. The molecule has 0 aliphatic rings. The number of carboxylic acids is 1. The third-order valence-corrected chi connectivity index (χ3v) is 4.09. The molecule has 0 fully saturated rings. The van der Waals surface area contributed by atoms with E-state index in [1.54, 1.807) is 6.07 Å². The molecule has 1 rings (SSSR count). The van der Waals surface area contributed by atoms with Gasteiger partial charge in [-0.2, -0.15) is 5.26 Å². The van der Waals surface area contributed by atoms with Crippen LogP contribution in [0.5, 0.6) is 11.5 Å². The van der Waals surface area contributed by atoms with E-state index in [0.29, 0.717) is 37.7 Å². The van der Waals surface area contributed by atoms with Crippen molar-refractivity contribution in [2.75, 3.05) is 19.8 Å². The summed E-state index contributed by atoms with van der Waals surface area (Å²) in [5, 5.41) is 23.8. The van der Waals surface area contributed by atoms with Crippen LogP contribution in [0.1, 0.15) is 39.7 Å². The van der Waals surface area contributed by atoms with Crippen LogP contribution in [-0.2, 0) is 16.0 Å². The Hall–Kier alpha value is -3.21. The molecule has 0 bridgehead atoms. The van der Waals surface area contributed by atoms with Crippen LogP contribution in [0, 0.1) is 17.2 Å². The summed E-state index contributed by atoms with van der Waals surface area (Å²) in [6.07, 6.45) is 2.23. The van der Waals surface area contributed by atoms with Crippen LogP contribution in [-0.4, -0.2) is 42.8 Å². The van der Waals surface area contributed by atoms with Gasteiger partial charge >= 0.3 is 5.97 Å². The van der Waals surface area contributed by atoms with Crippen LogP contribution < -0.4 is 20.1 Å². The highest BCUT2D eigenvalue weighted by molar-refractivity contribution is 5.99. The maximum atomic E-state index is 12.2. The van der Waals surface area contributed by atoms with Gasteiger partial charge in [0.05, 0.1) is 13.2 Å². The fourth-order valence-electron chi connectivity index (χ4n) is 2.72. The van der Waals surface area contributed by atoms with Gasteiger partial charge in [0, 0.05) is 12.7 Å². The average molecular weight is 418 g/mol. The fraction of sp³-hybridized carbons (Fsp3) is 0.500. The first-order chi connectivity index (χ1) is 14.3. The lowest BCUT2D eigenvalue weighted by Gasteiger charge is -2.16. The van der Waals surface area contributed by atoms with Crippen LogP contribution in [0.15, 0.2) is 30.0 Å². The summed E-state index contributed by atoms with van der Waals surface area (Å²) in [5.74, 6) is -0.376. The number of rotatable bonds is 13. The summed E-state index contributed by atoms with van der Waals surface area (Å²) >= 11 is 0. The topological polar surface area (TPSA) is 121 Å². The van der Waals surface area contributed by atoms with Crippen molar-refractivity contribution >= 4 is 11.9 Å². The van der Waals surface area contributed by atoms with Gasteiger partial charge in [0.25, 0.3) is 5.91 Å². The molecule has 0 aliphatic carbocycles. The number of carboxylic acid groups (broad SMARTS) is 1. The quantitative estimate of drug-likeness (QED) is 0.256. The van der Waals surface area contributed by atoms with Crippen molar-refractivity contribution in [3.05, 3.63) is 35.5 Å². The molecule has 0 spiro atoms. The first-order valence-electron chi connectivity index (χ1n) is 10.1. The largest absolute Gasteiger partial charge is 0.490 e. The Labute approximate surface area is 177 Å². The predicted octanol–water partition coefficient (Wildman–Crippen LogP) is 2.64. The van der Waals surface area contributed by atoms with E-state index in [4.69, 9.17) is 9.47 Å². The Morgan fingerprint density at radius 2 is 1.87 bits per heavy atom. The molecule has 8 nitrogen and oxygen atoms in total. The molecule has 30 heavy (non-hydrogen) atoms. The van der Waals surface area contributed by atoms with Gasteiger partial charge in [0.1, 0.15) is 17.7 Å². The SMILES string of the molecule is CCOc1ccc(CCN/C=C(/C#N)C(=O)NC(CC(C)C)C(=O)O)cc1OCC. The summed E-state index contributed by atoms with van der Waals surface area (Å²) < 4.78 is 11.1. The highest BCUT2D eigenvalue weighted by Gasteiger charge is 2.22. The van der Waals surface area contributed by atoms with Crippen LogP contribution in [0.3, 0.4) is 0 Å². The van der Waals surface area contributed by atoms with Gasteiger partial charge in [0.2, 0.25) is 0 Å². The van der Waals surface area contributed by atoms with Crippen LogP contribution in [0.25, 0.3) is 0 Å². The third-order valence-electron chi connectivity index (χ3n) is 4.09. The number of nitriles is 1. The number of nitrogens with zero attached hydrogens (tertiary/aromatic N) is 1. The second kappa shape index (κ2) is 13.1. The van der Waals surface area contributed by atoms with Crippen molar-refractivity contribution in [2.24, 2.45) is 5.92 Å². The molecule has 8 heteroatoms. The minimum Gasteiger partial charge on any atom is -0.490 e. The van der Waals surface area contributed by atoms with E-state index in [0.717, 1.165) is 5.56 Å². The van der Waals surface area contributed by atoms with Crippen molar-refractivity contribution in [3.63, 3.8) is 0 Å². The number of amides is 1. The standard InChI is InChI=1S/C22H31N3O5/c1-5-29-19-8-7-16(12-20(19)30-6-2)9-10-24-14-17(13-23)21(26)25-18(22(27)28)11-15(3)4/h7-8,12,14-15,18,24H,5-6,9-11H2,1-4H3,(H,25,26)(H,27,28)/b17-14-. The predicted molar refractivity (Wildman–Crippen MR) is 113 cm³/mol. The van der Waals surface area contributed by atoms with Gasteiger partial charge < -0.3 is 25.2 Å². The van der Waals surface area contributed by atoms with Crippen LogP contribution in [0.2, 0.25) is 0 Å². The zero-order chi connectivity index (χ0) is 22.5. The van der Waals surface area contributed by atoms with Gasteiger partial charge in [-0.15, -0.1) is 0 Å². The van der Waals surface area contributed by atoms with Crippen molar-refractivity contribution in [2.45, 2.75) is 46.6 Å². The van der Waals surface area contributed by atoms with Crippen molar-refractivity contribution in [1.82, 2.24) is 10.6 Å². The van der Waals surface area contributed by atoms with Gasteiger partial charge in [-0.05, 0) is 50.3 Å². The molecule has 0 heterocycles. The highest BCUT2D eigenvalue weighted by atomic mass is 16.5. The monoisotopic (exact) mass is 417 g/mol. The molecule has 0 saturated carbocycles. The first-order valence-corrected chi connectivity index (χ1v) is 10.1. The molecule has 1 aromatic rings. The molecular weight excluding hydrogens is 386 g/mol. The molecular formula is C22H31N3O5. The maximum Gasteiger partial charge on any atom is 0.326 e. The molecule has 0 aliphatic heterocycles. The van der Waals surface area contributed by atoms with Gasteiger partial charge in [-0.1, -0.05) is 19.9 Å². The molecule has 0 saturated heterocycles. The van der Waals surface area contributed by atoms with E-state index >= 15 is 0 Å². The zero-order valence-electron chi connectivity index (χ0n) is 18.0. The molecule has 3 N–H and O–H groups in total. The summed E-state index contributed by atoms with van der Waals surface area (Å²) in [6, 6.07) is 6.46. The summed E-state index contributed by atoms with van der Waals surface area (Å²) in [5.41, 5.74) is 0.834. The number of hydrogen-bond donors (Lipinski definition) is 3. The molecule has 0 radical (unpaired) electrons. The number of ether oxygens (including phenoxy) is 2. The molecule has 1 atom stereocenters. The normalized spacial score (nSPS) is 12.1. The Balaban J connectivity index is 2.68. The lowest BCUT2D eigenvalue weighted by molar-refractivity contribution is -0.141. The first kappa shape index (κ1) is 24.8. The minimum absolute atomic E-state index is 0.0923. The minimum atomic E-state index is -1.12. The number of carbonyl (C=O) groups excluding carboxylic acids is 1. The van der Waals surface area contributed by atoms with Crippen LogP contribution in [0.4, 0.5) is 0 Å². The Morgan fingerprint density at radius 3 is 2.43 bits per heavy atom. The lowest BCUT2D eigenvalue weighted by atomic mass is 10.0. The van der Waals surface area contributed by atoms with Crippen molar-refractivity contribution < 1.29 is 24.2 Å². The smallest absolute Gasteiger partial charge is 0.326 e. The molecule has 1 unspecified atom stereocenters. The Morgan fingerprint density at radius 1 is 1.20 bits per heavy atom. The Kier molecular flexibility index (Phi) is 10.8. The summed E-state index contributed by atoms with van der Waals surface area (Å²) in [6.45, 7) is 9.09. The average Bonchev–Trinajstić information content (AvgIpc) is 2.69. The van der Waals surface area contributed by atoms with Crippen LogP contribution >= 0.6 is 0 Å². The molecule has 164 valence electrons. The van der Waals surface area contributed by atoms with Crippen molar-refractivity contribution in [1.29, 1.82) is 5.26 Å². The summed E-state index contributed by atoms with van der Waals surface area (Å²) in [7, 11) is 0.